The minimum absolute atomic E-state index is 0.201. The third kappa shape index (κ3) is 4.82. The molecule has 0 fully saturated rings. The molecule has 0 spiro atoms. The summed E-state index contributed by atoms with van der Waals surface area (Å²) >= 11 is 0. The van der Waals surface area contributed by atoms with Gasteiger partial charge in [-0.25, -0.2) is 0 Å². The van der Waals surface area contributed by atoms with Crippen LogP contribution in [0.4, 0.5) is 11.4 Å². The number of ether oxygens (including phenoxy) is 1. The Bertz CT molecular complexity index is 1380. The monoisotopic (exact) mass is 486 g/mol. The molecular weight excluding hydrogens is 460 g/mol. The first-order chi connectivity index (χ1) is 18.2. The molecule has 182 valence electrons. The van der Waals surface area contributed by atoms with Crippen LogP contribution in [0.3, 0.4) is 0 Å². The van der Waals surface area contributed by atoms with Crippen molar-refractivity contribution in [3.05, 3.63) is 132 Å². The van der Waals surface area contributed by atoms with Crippen LogP contribution in [0, 0.1) is 5.41 Å². The summed E-state index contributed by atoms with van der Waals surface area (Å²) in [6.45, 7) is 1.99. The molecule has 0 amide bonds. The van der Waals surface area contributed by atoms with Gasteiger partial charge in [0.15, 0.2) is 5.41 Å². The van der Waals surface area contributed by atoms with Crippen molar-refractivity contribution in [3.8, 4) is 0 Å². The van der Waals surface area contributed by atoms with Gasteiger partial charge in [0.1, 0.15) is 0 Å². The highest BCUT2D eigenvalue weighted by atomic mass is 16.5. The highest BCUT2D eigenvalue weighted by molar-refractivity contribution is 6.43. The largest absolute Gasteiger partial charge is 0.465 e. The molecule has 4 aromatic carbocycles. The van der Waals surface area contributed by atoms with E-state index in [9.17, 15) is 4.79 Å². The molecule has 0 unspecified atom stereocenters. The lowest BCUT2D eigenvalue weighted by atomic mass is 9.73. The van der Waals surface area contributed by atoms with Crippen LogP contribution in [-0.2, 0) is 9.53 Å². The number of esters is 1. The summed E-state index contributed by atoms with van der Waals surface area (Å²) in [5.74, 6) is -0.493. The number of benzene rings is 4. The van der Waals surface area contributed by atoms with Gasteiger partial charge in [-0.05, 0) is 42.3 Å². The SMILES string of the molecule is CCOC(=O)C1(C=Nc2ccccc2)C(c2ccccc2)=NN(c2ccccc2)N=C1c1ccccc1. The van der Waals surface area contributed by atoms with E-state index in [-0.39, 0.29) is 6.61 Å². The van der Waals surface area contributed by atoms with Gasteiger partial charge in [-0.2, -0.15) is 15.3 Å². The van der Waals surface area contributed by atoms with Crippen molar-refractivity contribution in [3.63, 3.8) is 0 Å². The Labute approximate surface area is 216 Å². The number of hydrogen-bond acceptors (Lipinski definition) is 6. The average Bonchev–Trinajstić information content (AvgIpc) is 2.97. The first kappa shape index (κ1) is 23.9. The second-order valence-corrected chi connectivity index (χ2v) is 8.38. The van der Waals surface area contributed by atoms with Crippen molar-refractivity contribution >= 4 is 35.0 Å². The first-order valence-corrected chi connectivity index (χ1v) is 12.1. The highest BCUT2D eigenvalue weighted by Gasteiger charge is 2.52. The van der Waals surface area contributed by atoms with Gasteiger partial charge in [-0.15, -0.1) is 0 Å². The molecule has 0 saturated heterocycles. The number of hydrogen-bond donors (Lipinski definition) is 0. The molecule has 0 saturated carbocycles. The van der Waals surface area contributed by atoms with Gasteiger partial charge in [0.05, 0.1) is 29.4 Å². The summed E-state index contributed by atoms with van der Waals surface area (Å²) in [6, 6.07) is 38.4. The standard InChI is InChI=1S/C31H26N4O2/c1-2-37-30(36)31(23-32-26-19-11-5-12-20-26)28(24-15-7-3-8-16-24)33-35(27-21-13-6-14-22-27)34-29(31)25-17-9-4-10-18-25/h3-23H,2H2,1H3. The van der Waals surface area contributed by atoms with E-state index in [1.54, 1.807) is 18.3 Å². The Morgan fingerprint density at radius 2 is 1.22 bits per heavy atom. The maximum Gasteiger partial charge on any atom is 0.330 e. The second-order valence-electron chi connectivity index (χ2n) is 8.38. The van der Waals surface area contributed by atoms with E-state index in [1.807, 2.05) is 121 Å². The number of carbonyl (C=O) groups excluding carboxylic acids is 1. The van der Waals surface area contributed by atoms with Crippen molar-refractivity contribution < 1.29 is 9.53 Å². The maximum absolute atomic E-state index is 14.1. The summed E-state index contributed by atoms with van der Waals surface area (Å²) in [6.07, 6.45) is 1.63. The number of hydrazone groups is 2. The maximum atomic E-state index is 14.1. The van der Waals surface area contributed by atoms with Crippen LogP contribution in [0.1, 0.15) is 18.1 Å². The molecule has 0 bridgehead atoms. The fourth-order valence-corrected chi connectivity index (χ4v) is 4.22. The van der Waals surface area contributed by atoms with Crippen LogP contribution >= 0.6 is 0 Å². The highest BCUT2D eigenvalue weighted by Crippen LogP contribution is 2.36. The van der Waals surface area contributed by atoms with Gasteiger partial charge in [0.25, 0.3) is 0 Å². The summed E-state index contributed by atoms with van der Waals surface area (Å²) in [7, 11) is 0. The van der Waals surface area contributed by atoms with Crippen LogP contribution in [0.2, 0.25) is 0 Å². The van der Waals surface area contributed by atoms with E-state index < -0.39 is 11.4 Å². The Balaban J connectivity index is 1.82. The summed E-state index contributed by atoms with van der Waals surface area (Å²) in [4.78, 5) is 18.8. The van der Waals surface area contributed by atoms with Gasteiger partial charge >= 0.3 is 5.97 Å². The Morgan fingerprint density at radius 1 is 0.757 bits per heavy atom. The quantitative estimate of drug-likeness (QED) is 0.228. The smallest absolute Gasteiger partial charge is 0.330 e. The predicted octanol–water partition coefficient (Wildman–Crippen LogP) is 6.27. The van der Waals surface area contributed by atoms with E-state index in [0.29, 0.717) is 17.1 Å². The van der Waals surface area contributed by atoms with Gasteiger partial charge in [0.2, 0.25) is 0 Å². The lowest BCUT2D eigenvalue weighted by Gasteiger charge is -2.36. The lowest BCUT2D eigenvalue weighted by Crippen LogP contribution is -2.53. The fourth-order valence-electron chi connectivity index (χ4n) is 4.22. The molecule has 0 aliphatic carbocycles. The normalized spacial score (nSPS) is 14.7. The number of para-hydroxylation sites is 2. The number of carbonyl (C=O) groups is 1. The third-order valence-electron chi connectivity index (χ3n) is 5.98. The van der Waals surface area contributed by atoms with Crippen LogP contribution in [0.25, 0.3) is 0 Å². The Morgan fingerprint density at radius 3 is 1.70 bits per heavy atom. The van der Waals surface area contributed by atoms with Gasteiger partial charge in [0, 0.05) is 6.21 Å². The molecule has 5 rings (SSSR count). The summed E-state index contributed by atoms with van der Waals surface area (Å²) < 4.78 is 5.71. The van der Waals surface area contributed by atoms with E-state index in [1.165, 1.54) is 0 Å². The van der Waals surface area contributed by atoms with Gasteiger partial charge in [-0.3, -0.25) is 9.79 Å². The zero-order valence-corrected chi connectivity index (χ0v) is 20.4. The van der Waals surface area contributed by atoms with Crippen molar-refractivity contribution in [1.82, 2.24) is 0 Å². The molecule has 6 nitrogen and oxygen atoms in total. The van der Waals surface area contributed by atoms with E-state index in [4.69, 9.17) is 19.9 Å². The molecule has 1 heterocycles. The number of aliphatic imine (C=N–C) groups is 1. The molecule has 0 radical (unpaired) electrons. The number of rotatable bonds is 7. The Hall–Kier alpha value is -4.84. The molecule has 0 atom stereocenters. The molecule has 37 heavy (non-hydrogen) atoms. The van der Waals surface area contributed by atoms with Crippen molar-refractivity contribution in [1.29, 1.82) is 0 Å². The van der Waals surface area contributed by atoms with Crippen LogP contribution in [-0.4, -0.2) is 30.2 Å². The van der Waals surface area contributed by atoms with Crippen molar-refractivity contribution in [2.24, 2.45) is 20.6 Å². The molecule has 6 heteroatoms. The van der Waals surface area contributed by atoms with Crippen LogP contribution < -0.4 is 5.12 Å². The molecule has 0 aromatic heterocycles. The molecule has 0 N–H and O–H groups in total. The van der Waals surface area contributed by atoms with Gasteiger partial charge < -0.3 is 4.74 Å². The summed E-state index contributed by atoms with van der Waals surface area (Å²) in [5, 5.41) is 11.4. The van der Waals surface area contributed by atoms with Crippen molar-refractivity contribution in [2.75, 3.05) is 11.7 Å². The number of anilines is 1. The fraction of sp³-hybridized carbons (Fsp3) is 0.0968. The van der Waals surface area contributed by atoms with E-state index in [0.717, 1.165) is 16.8 Å². The topological polar surface area (TPSA) is 66.6 Å². The average molecular weight is 487 g/mol. The third-order valence-corrected chi connectivity index (χ3v) is 5.98. The number of nitrogens with zero attached hydrogens (tertiary/aromatic N) is 4. The van der Waals surface area contributed by atoms with Crippen LogP contribution in [0.15, 0.2) is 137 Å². The van der Waals surface area contributed by atoms with E-state index >= 15 is 0 Å². The molecule has 1 aliphatic heterocycles. The molecule has 4 aromatic rings. The lowest BCUT2D eigenvalue weighted by molar-refractivity contribution is -0.145. The Kier molecular flexibility index (Phi) is 6.99. The van der Waals surface area contributed by atoms with E-state index in [2.05, 4.69) is 0 Å². The van der Waals surface area contributed by atoms with Crippen molar-refractivity contribution in [2.45, 2.75) is 6.92 Å². The zero-order valence-electron chi connectivity index (χ0n) is 20.4. The molecule has 1 aliphatic rings. The van der Waals surface area contributed by atoms with Crippen LogP contribution in [0.5, 0.6) is 0 Å². The minimum atomic E-state index is -1.50. The second kappa shape index (κ2) is 10.8. The first-order valence-electron chi connectivity index (χ1n) is 12.1. The zero-order chi connectivity index (χ0) is 25.5. The summed E-state index contributed by atoms with van der Waals surface area (Å²) in [5.41, 5.74) is 2.45. The molecular formula is C31H26N4O2. The van der Waals surface area contributed by atoms with Gasteiger partial charge in [-0.1, -0.05) is 97.1 Å². The predicted molar refractivity (Wildman–Crippen MR) is 149 cm³/mol. The minimum Gasteiger partial charge on any atom is -0.465 e.